The zero-order chi connectivity index (χ0) is 22.2. The molecule has 0 saturated carbocycles. The van der Waals surface area contributed by atoms with Crippen molar-refractivity contribution in [2.75, 3.05) is 7.11 Å². The van der Waals surface area contributed by atoms with E-state index in [1.165, 1.54) is 23.1 Å². The summed E-state index contributed by atoms with van der Waals surface area (Å²) in [6, 6.07) is 7.49. The fourth-order valence-electron chi connectivity index (χ4n) is 3.70. The smallest absolute Gasteiger partial charge is 0.272 e. The van der Waals surface area contributed by atoms with Gasteiger partial charge < -0.3 is 9.15 Å². The van der Waals surface area contributed by atoms with Crippen LogP contribution in [0.3, 0.4) is 0 Å². The maximum Gasteiger partial charge on any atom is 0.272 e. The number of thioether (sulfide) groups is 1. The Balaban J connectivity index is 1.62. The quantitative estimate of drug-likeness (QED) is 0.259. The van der Waals surface area contributed by atoms with Gasteiger partial charge >= 0.3 is 0 Å². The first-order chi connectivity index (χ1) is 15.6. The monoisotopic (exact) mass is 464 g/mol. The van der Waals surface area contributed by atoms with E-state index in [0.29, 0.717) is 33.4 Å². The number of aryl methyl sites for hydroxylation is 1. The molecule has 9 heteroatoms. The Kier molecular flexibility index (Phi) is 5.44. The molecule has 0 saturated heterocycles. The highest BCUT2D eigenvalue weighted by Gasteiger charge is 2.19. The van der Waals surface area contributed by atoms with Crippen LogP contribution < -0.4 is 10.3 Å². The molecule has 0 fully saturated rings. The number of methoxy groups -OCH3 is 1. The predicted molar refractivity (Wildman–Crippen MR) is 127 cm³/mol. The van der Waals surface area contributed by atoms with Crippen LogP contribution in [-0.4, -0.2) is 26.6 Å². The van der Waals surface area contributed by atoms with Gasteiger partial charge in [0.1, 0.15) is 21.0 Å². The first kappa shape index (κ1) is 20.7. The Morgan fingerprint density at radius 3 is 2.88 bits per heavy atom. The number of nitrogens with zero attached hydrogens (tertiary/aromatic N) is 4. The number of hydrogen-bond acceptors (Lipinski definition) is 8. The van der Waals surface area contributed by atoms with Crippen LogP contribution >= 0.6 is 23.1 Å². The summed E-state index contributed by atoms with van der Waals surface area (Å²) in [6.45, 7) is 4.28. The van der Waals surface area contributed by atoms with Crippen LogP contribution in [0.2, 0.25) is 0 Å². The number of fused-ring (bicyclic) bond motifs is 3. The largest absolute Gasteiger partial charge is 0.496 e. The van der Waals surface area contributed by atoms with Gasteiger partial charge in [-0.3, -0.25) is 14.3 Å². The summed E-state index contributed by atoms with van der Waals surface area (Å²) in [5.41, 5.74) is 3.47. The van der Waals surface area contributed by atoms with Crippen LogP contribution in [0, 0.1) is 13.8 Å². The summed E-state index contributed by atoms with van der Waals surface area (Å²) in [4.78, 5) is 28.2. The highest BCUT2D eigenvalue weighted by atomic mass is 32.2. The van der Waals surface area contributed by atoms with Gasteiger partial charge in [0.2, 0.25) is 0 Å². The van der Waals surface area contributed by atoms with Crippen LogP contribution in [0.15, 0.2) is 57.3 Å². The van der Waals surface area contributed by atoms with Crippen LogP contribution in [0.25, 0.3) is 20.4 Å². The average Bonchev–Trinajstić information content (AvgIpc) is 3.44. The Morgan fingerprint density at radius 2 is 2.09 bits per heavy atom. The number of aromatic nitrogens is 4. The van der Waals surface area contributed by atoms with Gasteiger partial charge in [-0.25, -0.2) is 9.97 Å². The molecule has 0 atom stereocenters. The van der Waals surface area contributed by atoms with Crippen molar-refractivity contribution < 1.29 is 9.15 Å². The Hall–Kier alpha value is -3.17. The Morgan fingerprint density at radius 1 is 1.22 bits per heavy atom. The first-order valence-electron chi connectivity index (χ1n) is 9.99. The lowest BCUT2D eigenvalue weighted by molar-refractivity contribution is 0.407. The zero-order valence-corrected chi connectivity index (χ0v) is 19.4. The maximum absolute atomic E-state index is 13.5. The van der Waals surface area contributed by atoms with Gasteiger partial charge in [0.05, 0.1) is 31.1 Å². The third kappa shape index (κ3) is 3.57. The number of ether oxygens (including phenoxy) is 1. The SMILES string of the molecule is COc1c(C)cnc(CSc2nc3c(sc4ncccc43)c(=O)n2Cc2ccco2)c1C. The number of furan rings is 1. The summed E-state index contributed by atoms with van der Waals surface area (Å²) in [5, 5.41) is 1.51. The highest BCUT2D eigenvalue weighted by Crippen LogP contribution is 2.32. The van der Waals surface area contributed by atoms with Crippen molar-refractivity contribution in [1.29, 1.82) is 0 Å². The zero-order valence-electron chi connectivity index (χ0n) is 17.8. The second kappa shape index (κ2) is 8.40. The van der Waals surface area contributed by atoms with Crippen molar-refractivity contribution in [2.24, 2.45) is 0 Å². The molecular weight excluding hydrogens is 444 g/mol. The van der Waals surface area contributed by atoms with Crippen LogP contribution in [0.4, 0.5) is 0 Å². The lowest BCUT2D eigenvalue weighted by Crippen LogP contribution is -2.23. The van der Waals surface area contributed by atoms with E-state index >= 15 is 0 Å². The minimum absolute atomic E-state index is 0.0944. The van der Waals surface area contributed by atoms with Gasteiger partial charge in [-0.2, -0.15) is 0 Å². The van der Waals surface area contributed by atoms with Crippen molar-refractivity contribution in [3.8, 4) is 5.75 Å². The molecule has 0 bridgehead atoms. The average molecular weight is 465 g/mol. The van der Waals surface area contributed by atoms with Crippen molar-refractivity contribution >= 4 is 43.5 Å². The molecule has 0 radical (unpaired) electrons. The minimum Gasteiger partial charge on any atom is -0.496 e. The van der Waals surface area contributed by atoms with Gasteiger partial charge in [-0.15, -0.1) is 11.3 Å². The molecule has 5 aromatic rings. The van der Waals surface area contributed by atoms with Crippen molar-refractivity contribution in [2.45, 2.75) is 31.3 Å². The third-order valence-corrected chi connectivity index (χ3v) is 7.38. The Bertz CT molecular complexity index is 1490. The highest BCUT2D eigenvalue weighted by molar-refractivity contribution is 7.98. The fraction of sp³-hybridized carbons (Fsp3) is 0.217. The molecule has 0 amide bonds. The molecule has 0 N–H and O–H groups in total. The van der Waals surface area contributed by atoms with Crippen LogP contribution in [0.5, 0.6) is 5.75 Å². The normalized spacial score (nSPS) is 11.5. The number of hydrogen-bond donors (Lipinski definition) is 0. The van der Waals surface area contributed by atoms with E-state index in [2.05, 4.69) is 9.97 Å². The molecule has 7 nitrogen and oxygen atoms in total. The molecule has 5 heterocycles. The first-order valence-corrected chi connectivity index (χ1v) is 11.8. The van der Waals surface area contributed by atoms with E-state index in [9.17, 15) is 4.79 Å². The molecule has 162 valence electrons. The van der Waals surface area contributed by atoms with E-state index in [-0.39, 0.29) is 5.56 Å². The van der Waals surface area contributed by atoms with Gasteiger partial charge in [-0.05, 0) is 38.1 Å². The van der Waals surface area contributed by atoms with Crippen molar-refractivity contribution in [3.63, 3.8) is 0 Å². The third-order valence-electron chi connectivity index (χ3n) is 5.30. The number of pyridine rings is 2. The minimum atomic E-state index is -0.0944. The molecule has 32 heavy (non-hydrogen) atoms. The topological polar surface area (TPSA) is 83.0 Å². The lowest BCUT2D eigenvalue weighted by Gasteiger charge is -2.14. The van der Waals surface area contributed by atoms with Gasteiger partial charge in [-0.1, -0.05) is 11.8 Å². The molecule has 0 unspecified atom stereocenters. The second-order valence-corrected chi connectivity index (χ2v) is 9.28. The number of rotatable bonds is 6. The molecule has 5 aromatic heterocycles. The van der Waals surface area contributed by atoms with Crippen LogP contribution in [-0.2, 0) is 12.3 Å². The molecule has 5 rings (SSSR count). The van der Waals surface area contributed by atoms with E-state index in [4.69, 9.17) is 14.1 Å². The maximum atomic E-state index is 13.5. The molecular formula is C23H20N4O3S2. The Labute approximate surface area is 192 Å². The summed E-state index contributed by atoms with van der Waals surface area (Å²) in [6.07, 6.45) is 5.15. The summed E-state index contributed by atoms with van der Waals surface area (Å²) in [7, 11) is 1.67. The summed E-state index contributed by atoms with van der Waals surface area (Å²) >= 11 is 2.85. The van der Waals surface area contributed by atoms with E-state index < -0.39 is 0 Å². The van der Waals surface area contributed by atoms with Crippen molar-refractivity contribution in [3.05, 3.63) is 75.9 Å². The van der Waals surface area contributed by atoms with E-state index in [1.807, 2.05) is 44.3 Å². The second-order valence-electron chi connectivity index (χ2n) is 7.34. The van der Waals surface area contributed by atoms with E-state index in [0.717, 1.165) is 32.8 Å². The summed E-state index contributed by atoms with van der Waals surface area (Å²) in [5.74, 6) is 2.08. The van der Waals surface area contributed by atoms with Crippen molar-refractivity contribution in [1.82, 2.24) is 19.5 Å². The number of thiophene rings is 1. The van der Waals surface area contributed by atoms with Gasteiger partial charge in [0.15, 0.2) is 5.16 Å². The summed E-state index contributed by atoms with van der Waals surface area (Å²) < 4.78 is 13.3. The standard InChI is InChI=1S/C23H20N4O3S2/c1-13-10-25-17(14(2)19(13)29-3)12-31-23-26-18-16-7-4-8-24-21(16)32-20(18)22(28)27(23)11-15-6-5-9-30-15/h4-10H,11-12H2,1-3H3. The fourth-order valence-corrected chi connectivity index (χ4v) is 5.75. The van der Waals surface area contributed by atoms with E-state index in [1.54, 1.807) is 24.1 Å². The van der Waals surface area contributed by atoms with Gasteiger partial charge in [0, 0.05) is 34.7 Å². The molecule has 0 aliphatic carbocycles. The van der Waals surface area contributed by atoms with Crippen LogP contribution in [0.1, 0.15) is 22.6 Å². The molecule has 0 aliphatic rings. The van der Waals surface area contributed by atoms with Gasteiger partial charge in [0.25, 0.3) is 5.56 Å². The predicted octanol–water partition coefficient (Wildman–Crippen LogP) is 4.96. The molecule has 0 aromatic carbocycles. The molecule has 0 spiro atoms. The molecule has 0 aliphatic heterocycles. The lowest BCUT2D eigenvalue weighted by atomic mass is 10.1.